The van der Waals surface area contributed by atoms with Crippen LogP contribution < -0.4 is 11.1 Å². The molecule has 3 N–H and O–H groups in total. The number of hydrogen-bond acceptors (Lipinski definition) is 2. The number of rotatable bonds is 2. The van der Waals surface area contributed by atoms with Crippen LogP contribution >= 0.6 is 0 Å². The Kier molecular flexibility index (Phi) is 3.09. The fourth-order valence-electron chi connectivity index (χ4n) is 0.862. The van der Waals surface area contributed by atoms with Crippen LogP contribution in [-0.4, -0.2) is 13.0 Å². The molecule has 0 bridgehead atoms. The summed E-state index contributed by atoms with van der Waals surface area (Å²) in [5.41, 5.74) is 7.18. The van der Waals surface area contributed by atoms with E-state index in [4.69, 9.17) is 5.73 Å². The second-order valence-corrected chi connectivity index (χ2v) is 2.61. The molecule has 1 aromatic carbocycles. The fraction of sp³-hybridized carbons (Fsp3) is 0.100. The molecule has 0 fully saturated rings. The van der Waals surface area contributed by atoms with Crippen molar-refractivity contribution in [2.75, 3.05) is 12.8 Å². The van der Waals surface area contributed by atoms with Crippen molar-refractivity contribution < 1.29 is 4.79 Å². The Morgan fingerprint density at radius 1 is 1.38 bits per heavy atom. The maximum Gasteiger partial charge on any atom is 0.243 e. The van der Waals surface area contributed by atoms with Crippen molar-refractivity contribution >= 4 is 17.7 Å². The van der Waals surface area contributed by atoms with E-state index in [0.717, 1.165) is 11.3 Å². The summed E-state index contributed by atoms with van der Waals surface area (Å²) in [6.07, 6.45) is 3.21. The van der Waals surface area contributed by atoms with Crippen LogP contribution in [0.4, 0.5) is 5.69 Å². The highest BCUT2D eigenvalue weighted by atomic mass is 16.1. The Balaban J connectivity index is 2.69. The average molecular weight is 176 g/mol. The second kappa shape index (κ2) is 4.30. The van der Waals surface area contributed by atoms with Gasteiger partial charge in [-0.25, -0.2) is 0 Å². The predicted molar refractivity (Wildman–Crippen MR) is 54.0 cm³/mol. The number of anilines is 1. The lowest BCUT2D eigenvalue weighted by atomic mass is 10.2. The molecule has 0 atom stereocenters. The van der Waals surface area contributed by atoms with Gasteiger partial charge in [0.15, 0.2) is 0 Å². The number of benzene rings is 1. The van der Waals surface area contributed by atoms with Crippen LogP contribution in [-0.2, 0) is 4.79 Å². The maximum absolute atomic E-state index is 10.8. The van der Waals surface area contributed by atoms with E-state index in [0.29, 0.717) is 0 Å². The van der Waals surface area contributed by atoms with E-state index in [2.05, 4.69) is 5.32 Å². The number of carbonyl (C=O) groups is 1. The van der Waals surface area contributed by atoms with E-state index in [1.54, 1.807) is 25.3 Å². The maximum atomic E-state index is 10.8. The first-order valence-electron chi connectivity index (χ1n) is 3.97. The van der Waals surface area contributed by atoms with Gasteiger partial charge in [-0.2, -0.15) is 0 Å². The molecular formula is C10H12N2O. The van der Waals surface area contributed by atoms with E-state index in [9.17, 15) is 4.79 Å². The molecule has 0 aliphatic rings. The Morgan fingerprint density at radius 2 is 2.00 bits per heavy atom. The van der Waals surface area contributed by atoms with Gasteiger partial charge in [-0.05, 0) is 23.8 Å². The van der Waals surface area contributed by atoms with E-state index in [1.807, 2.05) is 12.1 Å². The molecule has 0 aliphatic heterocycles. The van der Waals surface area contributed by atoms with Gasteiger partial charge >= 0.3 is 0 Å². The van der Waals surface area contributed by atoms with Crippen molar-refractivity contribution in [1.82, 2.24) is 5.32 Å². The summed E-state index contributed by atoms with van der Waals surface area (Å²) in [7, 11) is 1.59. The molecule has 1 amide bonds. The van der Waals surface area contributed by atoms with E-state index < -0.39 is 0 Å². The predicted octanol–water partition coefficient (Wildman–Crippen LogP) is 1.03. The van der Waals surface area contributed by atoms with Crippen molar-refractivity contribution in [3.8, 4) is 0 Å². The average Bonchev–Trinajstić information content (AvgIpc) is 2.16. The first kappa shape index (κ1) is 9.32. The lowest BCUT2D eigenvalue weighted by molar-refractivity contribution is -0.115. The number of nitrogens with one attached hydrogen (secondary N) is 1. The minimum atomic E-state index is -0.114. The number of carbonyl (C=O) groups excluding carboxylic acids is 1. The van der Waals surface area contributed by atoms with Gasteiger partial charge in [0.25, 0.3) is 0 Å². The highest BCUT2D eigenvalue weighted by Gasteiger charge is 1.89. The lowest BCUT2D eigenvalue weighted by Crippen LogP contribution is -2.13. The standard InChI is InChI=1S/C10H12N2O/c1-12-10(13)7-4-8-2-5-9(11)6-3-8/h2-7H,11H2,1H3,(H,12,13). The molecule has 0 spiro atoms. The van der Waals surface area contributed by atoms with Crippen LogP contribution in [0.2, 0.25) is 0 Å². The molecule has 1 aromatic rings. The van der Waals surface area contributed by atoms with Crippen molar-refractivity contribution in [1.29, 1.82) is 0 Å². The summed E-state index contributed by atoms with van der Waals surface area (Å²) >= 11 is 0. The molecular weight excluding hydrogens is 164 g/mol. The summed E-state index contributed by atoms with van der Waals surface area (Å²) in [5, 5.41) is 2.50. The van der Waals surface area contributed by atoms with Crippen LogP contribution in [0.5, 0.6) is 0 Å². The number of likely N-dealkylation sites (N-methyl/N-ethyl adjacent to an activating group) is 1. The van der Waals surface area contributed by atoms with E-state index in [-0.39, 0.29) is 5.91 Å². The summed E-state index contributed by atoms with van der Waals surface area (Å²) < 4.78 is 0. The van der Waals surface area contributed by atoms with Crippen LogP contribution in [0, 0.1) is 0 Å². The highest BCUT2D eigenvalue weighted by molar-refractivity contribution is 5.91. The third-order valence-corrected chi connectivity index (χ3v) is 1.61. The molecule has 68 valence electrons. The van der Waals surface area contributed by atoms with Gasteiger partial charge in [-0.15, -0.1) is 0 Å². The zero-order chi connectivity index (χ0) is 9.68. The normalized spacial score (nSPS) is 10.2. The highest BCUT2D eigenvalue weighted by Crippen LogP contribution is 2.06. The monoisotopic (exact) mass is 176 g/mol. The van der Waals surface area contributed by atoms with Crippen LogP contribution in [0.25, 0.3) is 6.08 Å². The Labute approximate surface area is 77.3 Å². The molecule has 0 saturated heterocycles. The third-order valence-electron chi connectivity index (χ3n) is 1.61. The van der Waals surface area contributed by atoms with Gasteiger partial charge in [0, 0.05) is 18.8 Å². The van der Waals surface area contributed by atoms with E-state index >= 15 is 0 Å². The Morgan fingerprint density at radius 3 is 2.54 bits per heavy atom. The number of nitrogen functional groups attached to an aromatic ring is 1. The molecule has 13 heavy (non-hydrogen) atoms. The molecule has 3 heteroatoms. The number of nitrogens with two attached hydrogens (primary N) is 1. The van der Waals surface area contributed by atoms with Crippen LogP contribution in [0.3, 0.4) is 0 Å². The molecule has 3 nitrogen and oxygen atoms in total. The van der Waals surface area contributed by atoms with Gasteiger partial charge in [0.1, 0.15) is 0 Å². The quantitative estimate of drug-likeness (QED) is 0.522. The van der Waals surface area contributed by atoms with Crippen molar-refractivity contribution in [2.24, 2.45) is 0 Å². The fourth-order valence-corrected chi connectivity index (χ4v) is 0.862. The molecule has 0 saturated carbocycles. The van der Waals surface area contributed by atoms with Crippen LogP contribution in [0.15, 0.2) is 30.3 Å². The summed E-state index contributed by atoms with van der Waals surface area (Å²) in [6.45, 7) is 0. The van der Waals surface area contributed by atoms with Crippen molar-refractivity contribution in [3.05, 3.63) is 35.9 Å². The number of hydrogen-bond donors (Lipinski definition) is 2. The largest absolute Gasteiger partial charge is 0.399 e. The zero-order valence-electron chi connectivity index (χ0n) is 7.45. The van der Waals surface area contributed by atoms with Gasteiger partial charge in [0.2, 0.25) is 5.91 Å². The van der Waals surface area contributed by atoms with Gasteiger partial charge < -0.3 is 11.1 Å². The first-order chi connectivity index (χ1) is 6.22. The SMILES string of the molecule is CNC(=O)C=Cc1ccc(N)cc1. The minimum Gasteiger partial charge on any atom is -0.399 e. The topological polar surface area (TPSA) is 55.1 Å². The molecule has 0 aliphatic carbocycles. The Hall–Kier alpha value is -1.77. The first-order valence-corrected chi connectivity index (χ1v) is 3.97. The summed E-state index contributed by atoms with van der Waals surface area (Å²) in [5.74, 6) is -0.114. The van der Waals surface area contributed by atoms with Crippen molar-refractivity contribution in [3.63, 3.8) is 0 Å². The molecule has 0 heterocycles. The molecule has 0 aromatic heterocycles. The molecule has 1 rings (SSSR count). The number of amides is 1. The van der Waals surface area contributed by atoms with Crippen molar-refractivity contribution in [2.45, 2.75) is 0 Å². The van der Waals surface area contributed by atoms with Gasteiger partial charge in [-0.3, -0.25) is 4.79 Å². The van der Waals surface area contributed by atoms with E-state index in [1.165, 1.54) is 6.08 Å². The summed E-state index contributed by atoms with van der Waals surface area (Å²) in [6, 6.07) is 7.30. The van der Waals surface area contributed by atoms with Gasteiger partial charge in [0.05, 0.1) is 0 Å². The molecule has 0 unspecified atom stereocenters. The molecule has 0 radical (unpaired) electrons. The zero-order valence-corrected chi connectivity index (χ0v) is 7.45. The second-order valence-electron chi connectivity index (χ2n) is 2.61. The third kappa shape index (κ3) is 2.99. The van der Waals surface area contributed by atoms with Crippen LogP contribution in [0.1, 0.15) is 5.56 Å². The minimum absolute atomic E-state index is 0.114. The lowest BCUT2D eigenvalue weighted by Gasteiger charge is -1.94. The Bertz CT molecular complexity index is 314. The smallest absolute Gasteiger partial charge is 0.243 e. The summed E-state index contributed by atoms with van der Waals surface area (Å²) in [4.78, 5) is 10.8. The van der Waals surface area contributed by atoms with Gasteiger partial charge in [-0.1, -0.05) is 12.1 Å².